The van der Waals surface area contributed by atoms with Crippen LogP contribution in [0.15, 0.2) is 0 Å². The van der Waals surface area contributed by atoms with Gasteiger partial charge in [0, 0.05) is 0 Å². The van der Waals surface area contributed by atoms with E-state index >= 15 is 0 Å². The van der Waals surface area contributed by atoms with E-state index in [0.717, 1.165) is 11.9 Å². The molecule has 0 saturated carbocycles. The summed E-state index contributed by atoms with van der Waals surface area (Å²) in [6.07, 6.45) is 1.06. The maximum absolute atomic E-state index is 5.08. The molecule has 1 rings (SSSR count). The molecular weight excluding hydrogens is 48.8 g/mol. The van der Waals surface area contributed by atoms with Crippen molar-refractivity contribution in [3.8, 4) is 0 Å². The van der Waals surface area contributed by atoms with Crippen molar-refractivity contribution in [3.05, 3.63) is 0 Å². The Bertz CT molecular complexity index is 57.1. The van der Waals surface area contributed by atoms with Gasteiger partial charge in [0.15, 0.2) is 0 Å². The monoisotopic (exact) mass is 53.0 g/mol. The third kappa shape index (κ3) is 0.125. The first-order chi connectivity index (χ1) is 1.89. The van der Waals surface area contributed by atoms with Crippen molar-refractivity contribution in [2.75, 3.05) is 0 Å². The topological polar surface area (TPSA) is 26.0 Å². The fourth-order valence-corrected chi connectivity index (χ4v) is 0.0589. The molecule has 0 saturated heterocycles. The second kappa shape index (κ2) is 0.367. The van der Waals surface area contributed by atoms with Crippen LogP contribution in [0.2, 0.25) is 6.32 Å². The van der Waals surface area contributed by atoms with Gasteiger partial charge in [0.25, 0.3) is 0 Å². The molecule has 1 heterocycles. The molecule has 0 aliphatic carbocycles. The summed E-state index contributed by atoms with van der Waals surface area (Å²) in [6.45, 7) is 1.99. The van der Waals surface area contributed by atoms with Gasteiger partial charge in [-0.3, -0.25) is 0 Å². The summed E-state index contributed by atoms with van der Waals surface area (Å²) in [4.78, 5) is 0. The second-order valence-electron chi connectivity index (χ2n) is 0.983. The standard InChI is InChI=1S/C2H4BN/c4-2-1-3-2/h1,4H2. The average molecular weight is 52.9 g/mol. The van der Waals surface area contributed by atoms with E-state index in [2.05, 4.69) is 0 Å². The van der Waals surface area contributed by atoms with Crippen molar-refractivity contribution in [3.63, 3.8) is 0 Å². The van der Waals surface area contributed by atoms with Gasteiger partial charge in [-0.05, 0) is 0 Å². The second-order valence-corrected chi connectivity index (χ2v) is 0.983. The third-order valence-electron chi connectivity index (χ3n) is 0.440. The number of nitrogens with two attached hydrogens (primary N) is 1. The quantitative estimate of drug-likeness (QED) is 0.360. The Hall–Kier alpha value is -0.265. The molecule has 0 amide bonds. The maximum atomic E-state index is 5.08. The number of hydrogen-bond donors (Lipinski definition) is 1. The minimum absolute atomic E-state index is 1.04. The number of hydrogen-bond acceptors (Lipinski definition) is 1. The van der Waals surface area contributed by atoms with Crippen molar-refractivity contribution < 1.29 is 0 Å². The van der Waals surface area contributed by atoms with E-state index in [0.29, 0.717) is 0 Å². The van der Waals surface area contributed by atoms with Gasteiger partial charge in [-0.1, -0.05) is 0 Å². The van der Waals surface area contributed by atoms with Crippen LogP contribution in [0.3, 0.4) is 0 Å². The Kier molecular flexibility index (Phi) is 0.184. The molecule has 0 fully saturated rings. The summed E-state index contributed by atoms with van der Waals surface area (Å²) in [5.41, 5.74) is 6.12. The molecule has 0 aromatic carbocycles. The van der Waals surface area contributed by atoms with Gasteiger partial charge in [-0.15, -0.1) is 0 Å². The summed E-state index contributed by atoms with van der Waals surface area (Å²) in [7, 11) is 0. The van der Waals surface area contributed by atoms with Gasteiger partial charge >= 0.3 is 24.6 Å². The number of rotatable bonds is 0. The normalized spacial score (nSPS) is 17.5. The van der Waals surface area contributed by atoms with Crippen LogP contribution < -0.4 is 5.73 Å². The summed E-state index contributed by atoms with van der Waals surface area (Å²) >= 11 is 0. The third-order valence-corrected chi connectivity index (χ3v) is 0.440. The van der Waals surface area contributed by atoms with Crippen molar-refractivity contribution >= 4 is 12.5 Å². The van der Waals surface area contributed by atoms with E-state index in [1.165, 1.54) is 0 Å². The fraction of sp³-hybridized carbons (Fsp3) is 0.500. The van der Waals surface area contributed by atoms with Gasteiger partial charge in [0.05, 0.1) is 0 Å². The molecular formula is C2H4BN. The minimum atomic E-state index is 1.04. The Morgan fingerprint density at radius 3 is 2.25 bits per heavy atom. The van der Waals surface area contributed by atoms with Crippen LogP contribution in [0, 0.1) is 0 Å². The van der Waals surface area contributed by atoms with Crippen LogP contribution in [-0.4, -0.2) is 12.5 Å². The SMILES string of the molecule is NC1=BC1. The van der Waals surface area contributed by atoms with E-state index < -0.39 is 0 Å². The molecule has 0 bridgehead atoms. The molecule has 2 heteroatoms. The Balaban J connectivity index is 2.54. The fourth-order valence-electron chi connectivity index (χ4n) is 0.0589. The predicted molar refractivity (Wildman–Crippen MR) is 19.8 cm³/mol. The van der Waals surface area contributed by atoms with Crippen molar-refractivity contribution in [2.45, 2.75) is 6.32 Å². The van der Waals surface area contributed by atoms with Crippen LogP contribution in [0.25, 0.3) is 0 Å². The van der Waals surface area contributed by atoms with E-state index in [1.807, 2.05) is 6.92 Å². The summed E-state index contributed by atoms with van der Waals surface area (Å²) in [5, 5.41) is 0. The van der Waals surface area contributed by atoms with E-state index in [1.54, 1.807) is 0 Å². The Morgan fingerprint density at radius 2 is 2.25 bits per heavy atom. The molecule has 0 spiro atoms. The van der Waals surface area contributed by atoms with Crippen molar-refractivity contribution in [1.29, 1.82) is 0 Å². The summed E-state index contributed by atoms with van der Waals surface area (Å²) in [5.74, 6) is 0. The van der Waals surface area contributed by atoms with E-state index in [-0.39, 0.29) is 0 Å². The molecule has 0 unspecified atom stereocenters. The first-order valence-corrected chi connectivity index (χ1v) is 1.34. The van der Waals surface area contributed by atoms with Gasteiger partial charge in [-0.25, -0.2) is 0 Å². The van der Waals surface area contributed by atoms with Crippen LogP contribution >= 0.6 is 0 Å². The first-order valence-electron chi connectivity index (χ1n) is 1.34. The molecule has 0 radical (unpaired) electrons. The van der Waals surface area contributed by atoms with E-state index in [4.69, 9.17) is 5.73 Å². The van der Waals surface area contributed by atoms with Crippen LogP contribution in [0.4, 0.5) is 0 Å². The van der Waals surface area contributed by atoms with Gasteiger partial charge in [0.1, 0.15) is 0 Å². The molecule has 0 aromatic heterocycles. The van der Waals surface area contributed by atoms with E-state index in [9.17, 15) is 0 Å². The zero-order valence-corrected chi connectivity index (χ0v) is 2.36. The predicted octanol–water partition coefficient (Wildman–Crippen LogP) is -0.789. The molecule has 0 atom stereocenters. The summed E-state index contributed by atoms with van der Waals surface area (Å²) < 4.78 is 0. The summed E-state index contributed by atoms with van der Waals surface area (Å²) in [6, 6.07) is 0. The van der Waals surface area contributed by atoms with Gasteiger partial charge in [0.2, 0.25) is 0 Å². The van der Waals surface area contributed by atoms with Crippen LogP contribution in [0.1, 0.15) is 0 Å². The zero-order chi connectivity index (χ0) is 2.99. The molecule has 0 aromatic rings. The van der Waals surface area contributed by atoms with Crippen LogP contribution in [0.5, 0.6) is 0 Å². The van der Waals surface area contributed by atoms with Crippen molar-refractivity contribution in [1.82, 2.24) is 0 Å². The van der Waals surface area contributed by atoms with Crippen molar-refractivity contribution in [2.24, 2.45) is 5.73 Å². The van der Waals surface area contributed by atoms with Gasteiger partial charge < -0.3 is 0 Å². The zero-order valence-electron chi connectivity index (χ0n) is 2.36. The van der Waals surface area contributed by atoms with Gasteiger partial charge in [-0.2, -0.15) is 0 Å². The molecule has 20 valence electrons. The Labute approximate surface area is 25.7 Å². The van der Waals surface area contributed by atoms with Crippen LogP contribution in [-0.2, 0) is 0 Å². The average Bonchev–Trinajstić information content (AvgIpc) is 1.75. The first kappa shape index (κ1) is 2.00. The molecule has 4 heavy (non-hydrogen) atoms. The molecule has 1 aliphatic rings. The molecule has 2 N–H and O–H groups in total. The molecule has 1 nitrogen and oxygen atoms in total. The Morgan fingerprint density at radius 1 is 2.00 bits per heavy atom. The molecule has 1 aliphatic heterocycles.